The van der Waals surface area contributed by atoms with Crippen molar-refractivity contribution in [2.75, 3.05) is 7.05 Å². The summed E-state index contributed by atoms with van der Waals surface area (Å²) in [6.45, 7) is 1.88. The number of likely N-dealkylation sites (tertiary alicyclic amines) is 1. The number of amides is 2. The Balaban J connectivity index is 1.64. The lowest BCUT2D eigenvalue weighted by molar-refractivity contribution is -0.141. The van der Waals surface area contributed by atoms with Crippen molar-refractivity contribution in [3.05, 3.63) is 53.4 Å². The molecule has 3 unspecified atom stereocenters. The maximum Gasteiger partial charge on any atom is 0.225 e. The van der Waals surface area contributed by atoms with Crippen LogP contribution in [0.1, 0.15) is 43.4 Å². The number of aromatic nitrogens is 2. The van der Waals surface area contributed by atoms with Crippen molar-refractivity contribution in [1.82, 2.24) is 20.0 Å². The highest BCUT2D eigenvalue weighted by Crippen LogP contribution is 2.35. The van der Waals surface area contributed by atoms with Crippen molar-refractivity contribution in [2.45, 2.75) is 44.7 Å². The second-order valence-corrected chi connectivity index (χ2v) is 7.74. The molecule has 0 radical (unpaired) electrons. The van der Waals surface area contributed by atoms with Crippen LogP contribution in [0.15, 0.2) is 30.6 Å². The molecule has 3 atom stereocenters. The molecule has 1 aliphatic heterocycles. The molecule has 2 heterocycles. The zero-order chi connectivity index (χ0) is 21.1. The Labute approximate surface area is 168 Å². The second-order valence-electron chi connectivity index (χ2n) is 7.74. The van der Waals surface area contributed by atoms with Crippen LogP contribution in [0.2, 0.25) is 0 Å². The monoisotopic (exact) mass is 404 g/mol. The van der Waals surface area contributed by atoms with E-state index in [4.69, 9.17) is 0 Å². The lowest BCUT2D eigenvalue weighted by Crippen LogP contribution is -2.48. The van der Waals surface area contributed by atoms with Gasteiger partial charge in [-0.25, -0.2) is 8.78 Å². The number of benzene rings is 1. The summed E-state index contributed by atoms with van der Waals surface area (Å²) in [6.07, 6.45) is 5.43. The Hall–Kier alpha value is -2.77. The summed E-state index contributed by atoms with van der Waals surface area (Å²) in [4.78, 5) is 26.8. The summed E-state index contributed by atoms with van der Waals surface area (Å²) >= 11 is 0. The predicted octanol–water partition coefficient (Wildman–Crippen LogP) is 2.75. The molecule has 1 fully saturated rings. The summed E-state index contributed by atoms with van der Waals surface area (Å²) in [7, 11) is 3.51. The molecule has 2 amide bonds. The van der Waals surface area contributed by atoms with Crippen molar-refractivity contribution in [3.8, 4) is 0 Å². The quantitative estimate of drug-likeness (QED) is 0.805. The molecule has 3 rings (SSSR count). The molecule has 156 valence electrons. The Morgan fingerprint density at radius 1 is 1.31 bits per heavy atom. The fraction of sp³-hybridized carbons (Fsp3) is 0.476. The van der Waals surface area contributed by atoms with Gasteiger partial charge in [-0.2, -0.15) is 5.10 Å². The number of hydrogen-bond acceptors (Lipinski definition) is 3. The Morgan fingerprint density at radius 3 is 2.72 bits per heavy atom. The highest BCUT2D eigenvalue weighted by molar-refractivity contribution is 5.85. The fourth-order valence-electron chi connectivity index (χ4n) is 3.86. The molecule has 1 aromatic heterocycles. The maximum atomic E-state index is 13.3. The van der Waals surface area contributed by atoms with Crippen molar-refractivity contribution in [2.24, 2.45) is 13.0 Å². The van der Waals surface area contributed by atoms with Crippen LogP contribution in [0.4, 0.5) is 8.78 Å². The van der Waals surface area contributed by atoms with Crippen LogP contribution in [-0.2, 0) is 23.1 Å². The number of hydrogen-bond donors (Lipinski definition) is 1. The van der Waals surface area contributed by atoms with Crippen LogP contribution >= 0.6 is 0 Å². The highest BCUT2D eigenvalue weighted by atomic mass is 19.2. The first kappa shape index (κ1) is 21.0. The number of nitrogens with zero attached hydrogens (tertiary/aromatic N) is 3. The van der Waals surface area contributed by atoms with Crippen LogP contribution in [0, 0.1) is 17.6 Å². The van der Waals surface area contributed by atoms with Gasteiger partial charge in [0.15, 0.2) is 11.6 Å². The second kappa shape index (κ2) is 8.71. The zero-order valence-corrected chi connectivity index (χ0v) is 16.9. The molecule has 1 aromatic carbocycles. The number of nitrogens with one attached hydrogen (secondary N) is 1. The van der Waals surface area contributed by atoms with E-state index in [0.29, 0.717) is 31.2 Å². The van der Waals surface area contributed by atoms with Crippen molar-refractivity contribution < 1.29 is 18.4 Å². The minimum atomic E-state index is -0.868. The Bertz CT molecular complexity index is 899. The van der Waals surface area contributed by atoms with Crippen LogP contribution in [0.3, 0.4) is 0 Å². The standard InChI is InChI=1S/C21H26F2N4O2/c1-13(4-5-14-6-8-17(22)18(23)10-14)25-21(29)16-7-9-19(28)27(3)20(16)15-11-24-26(2)12-15/h6,8,10-13,16,20H,4-5,7,9H2,1-3H3,(H,25,29). The van der Waals surface area contributed by atoms with E-state index in [1.807, 2.05) is 13.1 Å². The SMILES string of the molecule is CC(CCc1ccc(F)c(F)c1)NC(=O)C1CCC(=O)N(C)C1c1cnn(C)c1. The van der Waals surface area contributed by atoms with Gasteiger partial charge >= 0.3 is 0 Å². The molecule has 29 heavy (non-hydrogen) atoms. The zero-order valence-electron chi connectivity index (χ0n) is 16.9. The Morgan fingerprint density at radius 2 is 2.07 bits per heavy atom. The average molecular weight is 404 g/mol. The van der Waals surface area contributed by atoms with Gasteiger partial charge in [0.2, 0.25) is 11.8 Å². The van der Waals surface area contributed by atoms with E-state index in [1.165, 1.54) is 6.07 Å². The normalized spacial score (nSPS) is 20.6. The molecule has 1 aliphatic rings. The third-order valence-electron chi connectivity index (χ3n) is 5.50. The van der Waals surface area contributed by atoms with Gasteiger partial charge in [0.05, 0.1) is 18.2 Å². The first-order chi connectivity index (χ1) is 13.8. The molecular weight excluding hydrogens is 378 g/mol. The van der Waals surface area contributed by atoms with Crippen LogP contribution < -0.4 is 5.32 Å². The van der Waals surface area contributed by atoms with Gasteiger partial charge in [0.1, 0.15) is 0 Å². The molecule has 6 nitrogen and oxygen atoms in total. The van der Waals surface area contributed by atoms with E-state index in [2.05, 4.69) is 10.4 Å². The minimum absolute atomic E-state index is 0.00860. The third-order valence-corrected chi connectivity index (χ3v) is 5.50. The van der Waals surface area contributed by atoms with E-state index >= 15 is 0 Å². The van der Waals surface area contributed by atoms with Gasteiger partial charge < -0.3 is 10.2 Å². The molecular formula is C21H26F2N4O2. The first-order valence-corrected chi connectivity index (χ1v) is 9.74. The number of rotatable bonds is 6. The molecule has 0 saturated carbocycles. The molecule has 0 aliphatic carbocycles. The molecule has 0 bridgehead atoms. The lowest BCUT2D eigenvalue weighted by Gasteiger charge is -2.38. The van der Waals surface area contributed by atoms with E-state index in [9.17, 15) is 18.4 Å². The van der Waals surface area contributed by atoms with Crippen LogP contribution in [0.25, 0.3) is 0 Å². The number of piperidine rings is 1. The summed E-state index contributed by atoms with van der Waals surface area (Å²) in [5.41, 5.74) is 1.51. The smallest absolute Gasteiger partial charge is 0.225 e. The van der Waals surface area contributed by atoms with Gasteiger partial charge in [-0.1, -0.05) is 6.07 Å². The largest absolute Gasteiger partial charge is 0.353 e. The summed E-state index contributed by atoms with van der Waals surface area (Å²) in [6, 6.07) is 3.34. The predicted molar refractivity (Wildman–Crippen MR) is 104 cm³/mol. The molecule has 2 aromatic rings. The number of halogens is 2. The number of aryl methyl sites for hydroxylation is 2. The van der Waals surface area contributed by atoms with E-state index in [0.717, 1.165) is 11.6 Å². The topological polar surface area (TPSA) is 67.2 Å². The first-order valence-electron chi connectivity index (χ1n) is 9.74. The van der Waals surface area contributed by atoms with Crippen molar-refractivity contribution in [1.29, 1.82) is 0 Å². The maximum absolute atomic E-state index is 13.3. The highest BCUT2D eigenvalue weighted by Gasteiger charge is 2.39. The minimum Gasteiger partial charge on any atom is -0.353 e. The van der Waals surface area contributed by atoms with Gasteiger partial charge in [-0.3, -0.25) is 14.3 Å². The van der Waals surface area contributed by atoms with Gasteiger partial charge in [0, 0.05) is 38.3 Å². The molecule has 8 heteroatoms. The van der Waals surface area contributed by atoms with Gasteiger partial charge in [0.25, 0.3) is 0 Å². The van der Waals surface area contributed by atoms with Crippen molar-refractivity contribution >= 4 is 11.8 Å². The fourth-order valence-corrected chi connectivity index (χ4v) is 3.86. The molecule has 1 N–H and O–H groups in total. The summed E-state index contributed by atoms with van der Waals surface area (Å²) in [5.74, 6) is -2.21. The van der Waals surface area contributed by atoms with Crippen LogP contribution in [-0.4, -0.2) is 39.6 Å². The van der Waals surface area contributed by atoms with E-state index in [1.54, 1.807) is 35.9 Å². The van der Waals surface area contributed by atoms with Gasteiger partial charge in [-0.05, 0) is 43.9 Å². The van der Waals surface area contributed by atoms with E-state index < -0.39 is 11.6 Å². The average Bonchev–Trinajstić information content (AvgIpc) is 3.10. The molecule has 1 saturated heterocycles. The molecule has 0 spiro atoms. The third kappa shape index (κ3) is 4.81. The summed E-state index contributed by atoms with van der Waals surface area (Å²) < 4.78 is 28.0. The summed E-state index contributed by atoms with van der Waals surface area (Å²) in [5, 5.41) is 7.19. The lowest BCUT2D eigenvalue weighted by atomic mass is 9.85. The van der Waals surface area contributed by atoms with Crippen molar-refractivity contribution in [3.63, 3.8) is 0 Å². The van der Waals surface area contributed by atoms with Gasteiger partial charge in [-0.15, -0.1) is 0 Å². The Kier molecular flexibility index (Phi) is 6.30. The number of carbonyl (C=O) groups excluding carboxylic acids is 2. The van der Waals surface area contributed by atoms with Crippen LogP contribution in [0.5, 0.6) is 0 Å². The number of carbonyl (C=O) groups is 2. The van der Waals surface area contributed by atoms with E-state index in [-0.39, 0.29) is 29.8 Å².